The number of hydrogen-bond acceptors (Lipinski definition) is 1. The molecule has 0 saturated heterocycles. The zero-order valence-corrected chi connectivity index (χ0v) is 17.8. The van der Waals surface area contributed by atoms with Gasteiger partial charge < -0.3 is 5.32 Å². The van der Waals surface area contributed by atoms with Gasteiger partial charge in [-0.2, -0.15) is 0 Å². The topological polar surface area (TPSA) is 12.0 Å². The Morgan fingerprint density at radius 2 is 1.64 bits per heavy atom. The molecule has 1 rings (SSSR count). The van der Waals surface area contributed by atoms with Crippen molar-refractivity contribution in [2.75, 3.05) is 0 Å². The van der Waals surface area contributed by atoms with Crippen LogP contribution in [0.4, 0.5) is 0 Å². The smallest absolute Gasteiger partial charge is 0.0831 e. The van der Waals surface area contributed by atoms with Gasteiger partial charge in [0.25, 0.3) is 0 Å². The minimum absolute atomic E-state index is 0.275. The van der Waals surface area contributed by atoms with Gasteiger partial charge in [0.2, 0.25) is 0 Å². The number of hydrogen-bond donors (Lipinski definition) is 1. The van der Waals surface area contributed by atoms with Gasteiger partial charge in [0.15, 0.2) is 0 Å². The molecule has 0 bridgehead atoms. The Morgan fingerprint density at radius 3 is 2.12 bits per heavy atom. The normalized spacial score (nSPS) is 12.6. The Hall–Kier alpha value is -1.21. The van der Waals surface area contributed by atoms with Crippen LogP contribution in [0.2, 0.25) is 5.02 Å². The summed E-state index contributed by atoms with van der Waals surface area (Å²) in [6.45, 7) is 18.9. The second-order valence-corrected chi connectivity index (χ2v) is 7.41. The minimum atomic E-state index is -0.275. The third-order valence-corrected chi connectivity index (χ3v) is 4.36. The zero-order valence-electron chi connectivity index (χ0n) is 17.1. The highest BCUT2D eigenvalue weighted by molar-refractivity contribution is 6.30. The molecule has 0 fully saturated rings. The Labute approximate surface area is 161 Å². The van der Waals surface area contributed by atoms with E-state index in [0.29, 0.717) is 0 Å². The van der Waals surface area contributed by atoms with Gasteiger partial charge in [-0.3, -0.25) is 0 Å². The second-order valence-electron chi connectivity index (χ2n) is 6.97. The lowest BCUT2D eigenvalue weighted by Crippen LogP contribution is -2.42. The lowest BCUT2D eigenvalue weighted by atomic mass is 9.79. The van der Waals surface area contributed by atoms with E-state index in [9.17, 15) is 0 Å². The van der Waals surface area contributed by atoms with Crippen molar-refractivity contribution in [1.29, 1.82) is 0 Å². The highest BCUT2D eigenvalue weighted by Crippen LogP contribution is 2.36. The van der Waals surface area contributed by atoms with E-state index in [-0.39, 0.29) is 5.54 Å². The van der Waals surface area contributed by atoms with Crippen molar-refractivity contribution in [3.63, 3.8) is 0 Å². The molecular weight excluding hydrogens is 326 g/mol. The molecule has 0 amide bonds. The van der Waals surface area contributed by atoms with Crippen LogP contribution < -0.4 is 5.32 Å². The number of rotatable bonds is 10. The summed E-state index contributed by atoms with van der Waals surface area (Å²) >= 11 is 6.21. The first-order valence-corrected chi connectivity index (χ1v) is 10.1. The monoisotopic (exact) mass is 363 g/mol. The van der Waals surface area contributed by atoms with Gasteiger partial charge in [0, 0.05) is 10.7 Å². The van der Waals surface area contributed by atoms with Crippen molar-refractivity contribution in [3.8, 4) is 0 Å². The van der Waals surface area contributed by atoms with Gasteiger partial charge in [-0.05, 0) is 38.0 Å². The van der Waals surface area contributed by atoms with Crippen molar-refractivity contribution in [3.05, 3.63) is 59.3 Å². The maximum Gasteiger partial charge on any atom is 0.0831 e. The summed E-state index contributed by atoms with van der Waals surface area (Å²) in [5.74, 6) is 0. The Morgan fingerprint density at radius 1 is 1.04 bits per heavy atom. The molecule has 0 aromatic heterocycles. The van der Waals surface area contributed by atoms with Gasteiger partial charge >= 0.3 is 0 Å². The number of nitrogens with one attached hydrogen (secondary N) is 1. The molecule has 0 aliphatic rings. The molecule has 25 heavy (non-hydrogen) atoms. The average molecular weight is 364 g/mol. The van der Waals surface area contributed by atoms with E-state index in [1.165, 1.54) is 44.1 Å². The maximum atomic E-state index is 6.21. The fourth-order valence-corrected chi connectivity index (χ4v) is 3.15. The van der Waals surface area contributed by atoms with Crippen molar-refractivity contribution in [2.45, 2.75) is 85.1 Å². The molecule has 0 radical (unpaired) electrons. The first-order valence-electron chi connectivity index (χ1n) is 9.69. The lowest BCUT2D eigenvalue weighted by Gasteiger charge is -2.38. The summed E-state index contributed by atoms with van der Waals surface area (Å²) < 4.78 is 0. The Bertz CT molecular complexity index is 521. The highest BCUT2D eigenvalue weighted by atomic mass is 35.5. The zero-order chi connectivity index (χ0) is 19.3. The Kier molecular flexibility index (Phi) is 12.4. The van der Waals surface area contributed by atoms with E-state index in [0.717, 1.165) is 22.7 Å². The van der Waals surface area contributed by atoms with E-state index < -0.39 is 0 Å². The van der Waals surface area contributed by atoms with Crippen LogP contribution in [0.1, 0.15) is 85.1 Å². The van der Waals surface area contributed by atoms with Crippen molar-refractivity contribution in [1.82, 2.24) is 5.32 Å². The molecule has 2 heteroatoms. The first kappa shape index (κ1) is 23.8. The second kappa shape index (κ2) is 13.1. The third-order valence-electron chi connectivity index (χ3n) is 4.13. The molecule has 0 saturated carbocycles. The predicted octanol–water partition coefficient (Wildman–Crippen LogP) is 8.01. The molecule has 0 heterocycles. The standard InChI is InChI=1S/C20H30ClN.C3H8/c1-6-7-8-9-10-14-20(16(2)3,22-17(4)5)18-12-11-13-19(21)15-18;1-3-2/h11-13,15,22H,2,4,6-10,14H2,1,3,5H3;3H2,1-2H3. The minimum Gasteiger partial charge on any atom is -0.376 e. The van der Waals surface area contributed by atoms with Gasteiger partial charge in [-0.25, -0.2) is 0 Å². The van der Waals surface area contributed by atoms with Crippen LogP contribution >= 0.6 is 11.6 Å². The molecule has 0 aliphatic carbocycles. The highest BCUT2D eigenvalue weighted by Gasteiger charge is 2.32. The number of halogens is 1. The Balaban J connectivity index is 0.00000178. The van der Waals surface area contributed by atoms with Gasteiger partial charge in [0.1, 0.15) is 0 Å². The van der Waals surface area contributed by atoms with Crippen molar-refractivity contribution < 1.29 is 0 Å². The largest absolute Gasteiger partial charge is 0.376 e. The lowest BCUT2D eigenvalue weighted by molar-refractivity contribution is 0.380. The van der Waals surface area contributed by atoms with Crippen LogP contribution in [0.25, 0.3) is 0 Å². The molecule has 1 aromatic carbocycles. The summed E-state index contributed by atoms with van der Waals surface area (Å²) in [6.07, 6.45) is 8.56. The molecule has 1 unspecified atom stereocenters. The fourth-order valence-electron chi connectivity index (χ4n) is 2.96. The van der Waals surface area contributed by atoms with E-state index in [1.807, 2.05) is 25.1 Å². The maximum absolute atomic E-state index is 6.21. The van der Waals surface area contributed by atoms with Crippen molar-refractivity contribution in [2.24, 2.45) is 0 Å². The quantitative estimate of drug-likeness (QED) is 0.328. The summed E-state index contributed by atoms with van der Waals surface area (Å²) in [5.41, 5.74) is 2.96. The molecule has 1 atom stereocenters. The van der Waals surface area contributed by atoms with E-state index in [1.54, 1.807) is 0 Å². The molecule has 1 N–H and O–H groups in total. The fraction of sp³-hybridized carbons (Fsp3) is 0.565. The summed E-state index contributed by atoms with van der Waals surface area (Å²) in [5, 5.41) is 4.34. The molecule has 1 nitrogen and oxygen atoms in total. The van der Waals surface area contributed by atoms with Gasteiger partial charge in [0.05, 0.1) is 5.54 Å². The molecule has 0 spiro atoms. The van der Waals surface area contributed by atoms with E-state index >= 15 is 0 Å². The van der Waals surface area contributed by atoms with E-state index in [2.05, 4.69) is 52.2 Å². The summed E-state index contributed by atoms with van der Waals surface area (Å²) in [4.78, 5) is 0. The predicted molar refractivity (Wildman–Crippen MR) is 115 cm³/mol. The molecule has 0 aliphatic heterocycles. The summed E-state index contributed by atoms with van der Waals surface area (Å²) in [7, 11) is 0. The van der Waals surface area contributed by atoms with Crippen LogP contribution in [0.15, 0.2) is 48.7 Å². The van der Waals surface area contributed by atoms with Gasteiger partial charge in [-0.15, -0.1) is 0 Å². The van der Waals surface area contributed by atoms with Crippen LogP contribution in [-0.4, -0.2) is 0 Å². The first-order chi connectivity index (χ1) is 11.8. The molecule has 142 valence electrons. The summed E-state index contributed by atoms with van der Waals surface area (Å²) in [6, 6.07) is 8.09. The van der Waals surface area contributed by atoms with Crippen LogP contribution in [0, 0.1) is 0 Å². The van der Waals surface area contributed by atoms with Crippen LogP contribution in [0.3, 0.4) is 0 Å². The average Bonchev–Trinajstić information content (AvgIpc) is 2.53. The van der Waals surface area contributed by atoms with Gasteiger partial charge in [-0.1, -0.05) is 102 Å². The molecular formula is C23H38ClN. The SMILES string of the molecule is C=C(C)NC(CCCCCCC)(C(=C)C)c1cccc(Cl)c1.CCC. The van der Waals surface area contributed by atoms with Crippen LogP contribution in [-0.2, 0) is 5.54 Å². The van der Waals surface area contributed by atoms with Crippen LogP contribution in [0.5, 0.6) is 0 Å². The van der Waals surface area contributed by atoms with Crippen molar-refractivity contribution >= 4 is 11.6 Å². The molecule has 1 aromatic rings. The number of unbranched alkanes of at least 4 members (excludes halogenated alkanes) is 4. The number of benzene rings is 1. The number of allylic oxidation sites excluding steroid dienone is 1. The third kappa shape index (κ3) is 8.63. The van der Waals surface area contributed by atoms with E-state index in [4.69, 9.17) is 11.6 Å².